The number of nitrogens with zero attached hydrogens (tertiary/aromatic N) is 4. The van der Waals surface area contributed by atoms with Gasteiger partial charge < -0.3 is 20.3 Å². The fourth-order valence-corrected chi connectivity index (χ4v) is 12.0. The van der Waals surface area contributed by atoms with Crippen LogP contribution < -0.4 is 20.7 Å². The van der Waals surface area contributed by atoms with E-state index in [4.69, 9.17) is 9.72 Å². The molecule has 9 rings (SSSR count). The van der Waals surface area contributed by atoms with E-state index in [1.54, 1.807) is 36.6 Å². The number of fused-ring (bicyclic) bond motifs is 2. The second-order valence-electron chi connectivity index (χ2n) is 18.2. The Kier molecular flexibility index (Phi) is 11.5. The minimum atomic E-state index is -4.50. The van der Waals surface area contributed by atoms with Gasteiger partial charge in [-0.1, -0.05) is 12.1 Å². The second kappa shape index (κ2) is 16.9. The molecule has 16 heteroatoms. The largest absolute Gasteiger partial charge is 0.495 e. The highest BCUT2D eigenvalue weighted by Crippen LogP contribution is 2.55. The monoisotopic (exact) mass is 871 g/mol. The van der Waals surface area contributed by atoms with Crippen molar-refractivity contribution in [1.29, 1.82) is 0 Å². The number of anilines is 2. The number of hydrogen-bond acceptors (Lipinski definition) is 11. The number of alkyl halides is 3. The molecule has 4 fully saturated rings. The summed E-state index contributed by atoms with van der Waals surface area (Å²) in [5.74, 6) is 0.149. The van der Waals surface area contributed by atoms with E-state index in [2.05, 4.69) is 32.9 Å². The summed E-state index contributed by atoms with van der Waals surface area (Å²) in [5, 5.41) is 10.1. The molecular weight excluding hydrogens is 820 g/mol. The Bertz CT molecular complexity index is 2380. The molecule has 2 aromatic carbocycles. The maximum Gasteiger partial charge on any atom is 0.433 e. The smallest absolute Gasteiger partial charge is 0.433 e. The van der Waals surface area contributed by atoms with Crippen molar-refractivity contribution in [2.24, 2.45) is 17.3 Å². The minimum Gasteiger partial charge on any atom is -0.495 e. The first-order valence-electron chi connectivity index (χ1n) is 21.8. The number of carbonyl (C=O) groups is 4. The number of halogens is 3. The Morgan fingerprint density at radius 1 is 0.903 bits per heavy atom. The van der Waals surface area contributed by atoms with Gasteiger partial charge in [-0.05, 0) is 125 Å². The summed E-state index contributed by atoms with van der Waals surface area (Å²) in [6.45, 7) is 1.95. The Labute approximate surface area is 362 Å². The van der Waals surface area contributed by atoms with Crippen LogP contribution in [0.2, 0.25) is 0 Å². The Morgan fingerprint density at radius 2 is 1.66 bits per heavy atom. The lowest BCUT2D eigenvalue weighted by atomic mass is 9.55. The highest BCUT2D eigenvalue weighted by molar-refractivity contribution is 7.18. The summed E-state index contributed by atoms with van der Waals surface area (Å²) >= 11 is 1.69. The van der Waals surface area contributed by atoms with Crippen LogP contribution in [0.3, 0.4) is 0 Å². The molecule has 12 nitrogen and oxygen atoms in total. The number of thiazole rings is 1. The standard InChI is InChI=1S/C46H52F3N7O5S/c1-55(25-26-9-11-28(12-10-26)42-53-34-19-36(61-2)33(20-37(34)62-42)51-24-29-5-3-8-38(52-29)46(47,48)49)30-15-17-45(18-16-30)21-27(22-45)23-50-32-7-4-6-31-40(32)44(60)56(43(31)59)35-13-14-39(57)54-41(35)58/h3-8,19-20,26-28,30,35,50-51H,9-18,21-25H2,1-2H3,(H,54,57,58). The quantitative estimate of drug-likeness (QED) is 0.119. The summed E-state index contributed by atoms with van der Waals surface area (Å²) in [6, 6.07) is 12.6. The molecule has 4 heterocycles. The molecule has 62 heavy (non-hydrogen) atoms. The van der Waals surface area contributed by atoms with Crippen LogP contribution in [0.25, 0.3) is 10.2 Å². The Balaban J connectivity index is 0.720. The summed E-state index contributed by atoms with van der Waals surface area (Å²) in [7, 11) is 3.87. The Hall–Kier alpha value is -5.09. The first-order chi connectivity index (χ1) is 29.8. The molecule has 0 radical (unpaired) electrons. The zero-order chi connectivity index (χ0) is 43.3. The second-order valence-corrected chi connectivity index (χ2v) is 19.2. The normalized spacial score (nSPS) is 26.5. The van der Waals surface area contributed by atoms with Crippen LogP contribution in [-0.4, -0.2) is 82.7 Å². The number of rotatable bonds is 12. The molecule has 4 aromatic rings. The average molecular weight is 872 g/mol. The predicted octanol–water partition coefficient (Wildman–Crippen LogP) is 8.39. The van der Waals surface area contributed by atoms with E-state index in [-0.39, 0.29) is 25.1 Å². The number of pyridine rings is 1. The fourth-order valence-electron chi connectivity index (χ4n) is 10.8. The molecule has 1 atom stereocenters. The fraction of sp³-hybridized carbons (Fsp3) is 0.522. The number of imide groups is 2. The average Bonchev–Trinajstić information content (AvgIpc) is 3.78. The third kappa shape index (κ3) is 8.39. The van der Waals surface area contributed by atoms with Crippen molar-refractivity contribution in [2.45, 2.75) is 108 Å². The van der Waals surface area contributed by atoms with Gasteiger partial charge in [-0.2, -0.15) is 13.2 Å². The third-order valence-electron chi connectivity index (χ3n) is 14.2. The number of carbonyl (C=O) groups excluding carboxylic acids is 4. The third-order valence-corrected chi connectivity index (χ3v) is 15.3. The molecule has 1 spiro atoms. The Morgan fingerprint density at radius 3 is 2.39 bits per heavy atom. The van der Waals surface area contributed by atoms with Gasteiger partial charge in [-0.15, -0.1) is 11.3 Å². The van der Waals surface area contributed by atoms with Crippen molar-refractivity contribution >= 4 is 56.6 Å². The van der Waals surface area contributed by atoms with E-state index in [9.17, 15) is 32.3 Å². The summed E-state index contributed by atoms with van der Waals surface area (Å²) in [6.07, 6.45) is 7.39. The van der Waals surface area contributed by atoms with E-state index in [0.717, 1.165) is 77.8 Å². The lowest BCUT2D eigenvalue weighted by Crippen LogP contribution is -2.54. The molecule has 3 aliphatic carbocycles. The molecule has 2 aliphatic heterocycles. The van der Waals surface area contributed by atoms with Crippen LogP contribution in [0.4, 0.5) is 24.5 Å². The topological polar surface area (TPSA) is 146 Å². The van der Waals surface area contributed by atoms with E-state index in [1.807, 2.05) is 18.2 Å². The van der Waals surface area contributed by atoms with Gasteiger partial charge in [0, 0.05) is 43.2 Å². The molecule has 3 N–H and O–H groups in total. The summed E-state index contributed by atoms with van der Waals surface area (Å²) < 4.78 is 46.2. The molecular formula is C46H52F3N7O5S. The number of methoxy groups -OCH3 is 1. The van der Waals surface area contributed by atoms with Crippen LogP contribution in [0.15, 0.2) is 48.5 Å². The van der Waals surface area contributed by atoms with Crippen LogP contribution in [0, 0.1) is 17.3 Å². The molecule has 5 aliphatic rings. The number of amides is 4. The number of benzene rings is 2. The maximum absolute atomic E-state index is 13.5. The van der Waals surface area contributed by atoms with E-state index < -0.39 is 41.5 Å². The lowest BCUT2D eigenvalue weighted by Gasteiger charge is -2.53. The molecule has 0 bridgehead atoms. The van der Waals surface area contributed by atoms with Gasteiger partial charge in [0.1, 0.15) is 17.5 Å². The predicted molar refractivity (Wildman–Crippen MR) is 229 cm³/mol. The van der Waals surface area contributed by atoms with Crippen LogP contribution >= 0.6 is 11.3 Å². The van der Waals surface area contributed by atoms with E-state index in [1.165, 1.54) is 31.7 Å². The highest BCUT2D eigenvalue weighted by Gasteiger charge is 2.48. The first kappa shape index (κ1) is 42.2. The van der Waals surface area contributed by atoms with Gasteiger partial charge in [0.15, 0.2) is 0 Å². The molecule has 4 amide bonds. The lowest BCUT2D eigenvalue weighted by molar-refractivity contribution is -0.141. The van der Waals surface area contributed by atoms with Crippen molar-refractivity contribution in [1.82, 2.24) is 25.1 Å². The SMILES string of the molecule is COc1cc2nc(C3CCC(CN(C)C4CCC5(CC4)CC(CNc4cccc6c4C(=O)N(C4CCC(=O)NC4=O)C6=O)C5)CC3)sc2cc1NCc1cccc(C(F)(F)F)n1. The number of piperidine rings is 1. The van der Waals surface area contributed by atoms with Crippen LogP contribution in [0.1, 0.15) is 120 Å². The van der Waals surface area contributed by atoms with Crippen LogP contribution in [-0.2, 0) is 22.3 Å². The maximum atomic E-state index is 13.5. The zero-order valence-corrected chi connectivity index (χ0v) is 35.8. The van der Waals surface area contributed by atoms with Gasteiger partial charge in [-0.25, -0.2) is 9.97 Å². The van der Waals surface area contributed by atoms with Crippen molar-refractivity contribution < 1.29 is 37.1 Å². The minimum absolute atomic E-state index is 0.0888. The van der Waals surface area contributed by atoms with E-state index in [0.29, 0.717) is 57.5 Å². The molecule has 1 unspecified atom stereocenters. The first-order valence-corrected chi connectivity index (χ1v) is 22.6. The molecule has 1 saturated heterocycles. The van der Waals surface area contributed by atoms with Gasteiger partial charge in [-0.3, -0.25) is 29.4 Å². The van der Waals surface area contributed by atoms with Gasteiger partial charge in [0.25, 0.3) is 11.8 Å². The number of hydrogen-bond donors (Lipinski definition) is 3. The van der Waals surface area contributed by atoms with Crippen molar-refractivity contribution in [3.05, 3.63) is 76.1 Å². The number of ether oxygens (including phenoxy) is 1. The molecule has 328 valence electrons. The summed E-state index contributed by atoms with van der Waals surface area (Å²) in [5.41, 5.74) is 2.54. The molecule has 3 saturated carbocycles. The summed E-state index contributed by atoms with van der Waals surface area (Å²) in [4.78, 5) is 63.4. The zero-order valence-electron chi connectivity index (χ0n) is 35.0. The van der Waals surface area contributed by atoms with Crippen molar-refractivity contribution in [2.75, 3.05) is 37.9 Å². The van der Waals surface area contributed by atoms with Gasteiger partial charge >= 0.3 is 6.18 Å². The van der Waals surface area contributed by atoms with Gasteiger partial charge in [0.05, 0.1) is 51.4 Å². The van der Waals surface area contributed by atoms with Crippen molar-refractivity contribution in [3.8, 4) is 5.75 Å². The highest BCUT2D eigenvalue weighted by atomic mass is 32.1. The molecule has 2 aromatic heterocycles. The van der Waals surface area contributed by atoms with Gasteiger partial charge in [0.2, 0.25) is 11.8 Å². The van der Waals surface area contributed by atoms with E-state index >= 15 is 0 Å². The van der Waals surface area contributed by atoms with Crippen LogP contribution in [0.5, 0.6) is 5.75 Å². The number of nitrogens with one attached hydrogen (secondary N) is 3. The van der Waals surface area contributed by atoms with Crippen molar-refractivity contribution in [3.63, 3.8) is 0 Å². The number of aromatic nitrogens is 2.